The first-order chi connectivity index (χ1) is 22.7. The molecule has 5 fully saturated rings. The zero-order valence-electron chi connectivity index (χ0n) is 25.5. The summed E-state index contributed by atoms with van der Waals surface area (Å²) in [6, 6.07) is 2.47. The number of nitrogen functional groups attached to an aromatic ring is 1. The van der Waals surface area contributed by atoms with Crippen LogP contribution in [0.4, 0.5) is 25.3 Å². The van der Waals surface area contributed by atoms with Crippen LogP contribution in [-0.4, -0.2) is 58.3 Å². The molecule has 12 heteroatoms. The van der Waals surface area contributed by atoms with E-state index in [2.05, 4.69) is 27.8 Å². The van der Waals surface area contributed by atoms with Crippen molar-refractivity contribution in [3.63, 3.8) is 0 Å². The Kier molecular flexibility index (Phi) is 6.22. The predicted octanol–water partition coefficient (Wildman–Crippen LogP) is 8.06. The smallest absolute Gasteiger partial charge is 0.319 e. The molecule has 8 nitrogen and oxygen atoms in total. The lowest BCUT2D eigenvalue weighted by Crippen LogP contribution is -2.71. The van der Waals surface area contributed by atoms with E-state index in [0.29, 0.717) is 23.7 Å². The van der Waals surface area contributed by atoms with Crippen LogP contribution in [0.25, 0.3) is 37.0 Å². The molecule has 0 unspecified atom stereocenters. The number of halogens is 3. The molecule has 47 heavy (non-hydrogen) atoms. The van der Waals surface area contributed by atoms with E-state index >= 15 is 8.78 Å². The second-order valence-corrected chi connectivity index (χ2v) is 15.2. The van der Waals surface area contributed by atoms with Gasteiger partial charge in [-0.2, -0.15) is 9.97 Å². The lowest BCUT2D eigenvalue weighted by atomic mass is 9.48. The van der Waals surface area contributed by atoms with E-state index < -0.39 is 11.6 Å². The maximum absolute atomic E-state index is 17.3. The first-order valence-electron chi connectivity index (χ1n) is 15.9. The number of rotatable bonds is 6. The Balaban J connectivity index is 1.28. The van der Waals surface area contributed by atoms with Gasteiger partial charge in [0.2, 0.25) is 5.69 Å². The minimum Gasteiger partial charge on any atom is -0.489 e. The number of aromatic nitrogens is 2. The van der Waals surface area contributed by atoms with Crippen molar-refractivity contribution in [3.05, 3.63) is 65.0 Å². The minimum atomic E-state index is -0.732. The lowest BCUT2D eigenvalue weighted by molar-refractivity contribution is -0.0306. The molecule has 10 rings (SSSR count). The molecule has 2 bridgehead atoms. The quantitative estimate of drug-likeness (QED) is 0.164. The molecule has 6 aliphatic rings. The molecule has 0 amide bonds. The summed E-state index contributed by atoms with van der Waals surface area (Å²) in [5, 5.41) is 0.706. The summed E-state index contributed by atoms with van der Waals surface area (Å²) in [6.45, 7) is 18.5. The third kappa shape index (κ3) is 3.92. The first-order valence-corrected chi connectivity index (χ1v) is 17.1. The van der Waals surface area contributed by atoms with Crippen molar-refractivity contribution in [2.45, 2.75) is 55.6 Å². The second kappa shape index (κ2) is 10.0. The first kappa shape index (κ1) is 29.2. The zero-order valence-corrected chi connectivity index (χ0v) is 27.1. The lowest BCUT2D eigenvalue weighted by Gasteiger charge is -2.67. The predicted molar refractivity (Wildman–Crippen MR) is 181 cm³/mol. The van der Waals surface area contributed by atoms with Gasteiger partial charge >= 0.3 is 6.01 Å². The molecule has 0 radical (unpaired) electrons. The Morgan fingerprint density at radius 2 is 2.06 bits per heavy atom. The number of hydrogen-bond acceptors (Lipinski definition) is 8. The SMILES string of the molecule is [C-]#[N+]c1c(N)sc2c(F)ccc(-c3c(Cl)c4c5c(nc(OC[C@@]67CCCN6CC(=C)C7)nc5c3F)N(C35CC(C3)C5)[C@@H](C=C)CO4)c12. The number of fused-ring (bicyclic) bond motifs is 2. The highest BCUT2D eigenvalue weighted by atomic mass is 35.5. The molecule has 3 aliphatic carbocycles. The maximum Gasteiger partial charge on any atom is 0.319 e. The molecule has 3 saturated carbocycles. The van der Waals surface area contributed by atoms with Crippen LogP contribution in [0.5, 0.6) is 11.8 Å². The summed E-state index contributed by atoms with van der Waals surface area (Å²) >= 11 is 8.06. The summed E-state index contributed by atoms with van der Waals surface area (Å²) in [4.78, 5) is 17.9. The van der Waals surface area contributed by atoms with E-state index in [1.807, 2.05) is 6.08 Å². The van der Waals surface area contributed by atoms with Crippen molar-refractivity contribution in [1.29, 1.82) is 0 Å². The molecule has 2 saturated heterocycles. The van der Waals surface area contributed by atoms with Gasteiger partial charge in [0, 0.05) is 23.0 Å². The van der Waals surface area contributed by atoms with Crippen LogP contribution < -0.4 is 20.1 Å². The normalized spacial score (nSPS) is 27.6. The zero-order chi connectivity index (χ0) is 32.4. The van der Waals surface area contributed by atoms with Crippen LogP contribution >= 0.6 is 22.9 Å². The van der Waals surface area contributed by atoms with E-state index in [9.17, 15) is 0 Å². The molecule has 5 heterocycles. The summed E-state index contributed by atoms with van der Waals surface area (Å²) < 4.78 is 45.3. The van der Waals surface area contributed by atoms with E-state index in [1.165, 1.54) is 17.7 Å². The topological polar surface area (TPSA) is 81.1 Å². The van der Waals surface area contributed by atoms with E-state index in [1.54, 1.807) is 0 Å². The molecule has 0 spiro atoms. The highest BCUT2D eigenvalue weighted by Crippen LogP contribution is 2.63. The van der Waals surface area contributed by atoms with E-state index in [0.717, 1.165) is 63.0 Å². The van der Waals surface area contributed by atoms with E-state index in [-0.39, 0.29) is 77.9 Å². The summed E-state index contributed by atoms with van der Waals surface area (Å²) in [5.41, 5.74) is 7.22. The van der Waals surface area contributed by atoms with Gasteiger partial charge in [0.1, 0.15) is 30.4 Å². The number of ether oxygens (including phenoxy) is 2. The Morgan fingerprint density at radius 1 is 1.26 bits per heavy atom. The molecular formula is C35H31ClF2N6O2S. The Bertz CT molecular complexity index is 2110. The molecule has 4 aromatic rings. The van der Waals surface area contributed by atoms with Gasteiger partial charge in [-0.15, -0.1) is 17.9 Å². The van der Waals surface area contributed by atoms with Gasteiger partial charge < -0.3 is 20.1 Å². The van der Waals surface area contributed by atoms with Crippen LogP contribution in [-0.2, 0) is 0 Å². The average molecular weight is 673 g/mol. The number of anilines is 2. The fraction of sp³-hybridized carbons (Fsp3) is 0.400. The third-order valence-corrected chi connectivity index (χ3v) is 12.4. The number of nitrogens with two attached hydrogens (primary N) is 1. The highest BCUT2D eigenvalue weighted by molar-refractivity contribution is 7.23. The molecule has 240 valence electrons. The van der Waals surface area contributed by atoms with Crippen LogP contribution in [0.1, 0.15) is 38.5 Å². The Labute approximate surface area is 279 Å². The fourth-order valence-electron chi connectivity index (χ4n) is 8.86. The summed E-state index contributed by atoms with van der Waals surface area (Å²) in [5.74, 6) is 0.122. The third-order valence-electron chi connectivity index (χ3n) is 11.1. The minimum absolute atomic E-state index is 0.00524. The molecule has 2 N–H and O–H groups in total. The number of nitrogens with zero attached hydrogens (tertiary/aromatic N) is 5. The second-order valence-electron chi connectivity index (χ2n) is 13.8. The highest BCUT2D eigenvalue weighted by Gasteiger charge is 2.62. The monoisotopic (exact) mass is 672 g/mol. The molecule has 2 atom stereocenters. The van der Waals surface area contributed by atoms with Crippen LogP contribution in [0.3, 0.4) is 0 Å². The Hall–Kier alpha value is -3.98. The molecule has 2 aromatic carbocycles. The van der Waals surface area contributed by atoms with Crippen molar-refractivity contribution in [2.24, 2.45) is 5.92 Å². The van der Waals surface area contributed by atoms with Gasteiger partial charge in [-0.25, -0.2) is 13.6 Å². The van der Waals surface area contributed by atoms with Gasteiger partial charge in [0.15, 0.2) is 11.6 Å². The fourth-order valence-corrected chi connectivity index (χ4v) is 10.1. The maximum atomic E-state index is 17.3. The van der Waals surface area contributed by atoms with Gasteiger partial charge in [0.25, 0.3) is 0 Å². The van der Waals surface area contributed by atoms with Crippen molar-refractivity contribution in [3.8, 4) is 22.9 Å². The van der Waals surface area contributed by atoms with Crippen molar-refractivity contribution in [1.82, 2.24) is 14.9 Å². The average Bonchev–Trinajstić information content (AvgIpc) is 3.61. The number of thiophene rings is 1. The van der Waals surface area contributed by atoms with Crippen LogP contribution in [0, 0.1) is 24.1 Å². The van der Waals surface area contributed by atoms with Crippen LogP contribution in [0.15, 0.2) is 36.9 Å². The van der Waals surface area contributed by atoms with Crippen molar-refractivity contribution in [2.75, 3.05) is 36.9 Å². The summed E-state index contributed by atoms with van der Waals surface area (Å²) in [7, 11) is 0. The Morgan fingerprint density at radius 3 is 2.79 bits per heavy atom. The molecule has 3 aliphatic heterocycles. The molecular weight excluding hydrogens is 642 g/mol. The largest absolute Gasteiger partial charge is 0.489 e. The summed E-state index contributed by atoms with van der Waals surface area (Å²) in [6.07, 6.45) is 7.75. The van der Waals surface area contributed by atoms with Crippen molar-refractivity contribution >= 4 is 60.4 Å². The van der Waals surface area contributed by atoms with Gasteiger partial charge in [-0.3, -0.25) is 4.90 Å². The molecule has 2 aromatic heterocycles. The standard InChI is InChI=1S/C35H31ClF2N6O2S/c1-4-19-15-45-29-24-27(26(38)22(25(29)36)20-6-7-21(37)30-23(20)28(40-3)31(39)47-30)41-33(42-32(24)44(19)35-11-18(12-35)13-35)46-16-34-8-5-9-43(34)14-17(2)10-34/h4,6-7,18-19H,1-2,5,8-16,39H2/t18?,19-,34-,35?/m0/s1. The van der Waals surface area contributed by atoms with Crippen molar-refractivity contribution < 1.29 is 18.3 Å². The van der Waals surface area contributed by atoms with Gasteiger partial charge in [-0.1, -0.05) is 35.9 Å². The van der Waals surface area contributed by atoms with Gasteiger partial charge in [-0.05, 0) is 62.6 Å². The van der Waals surface area contributed by atoms with Gasteiger partial charge in [0.05, 0.1) is 38.3 Å². The van der Waals surface area contributed by atoms with Crippen LogP contribution in [0.2, 0.25) is 5.02 Å². The number of hydrogen-bond donors (Lipinski definition) is 1. The van der Waals surface area contributed by atoms with E-state index in [4.69, 9.17) is 43.3 Å². The number of benzene rings is 2.